The number of hydrogen-bond acceptors (Lipinski definition) is 8. The molecule has 8 nitrogen and oxygen atoms in total. The number of nitrogens with one attached hydrogen (secondary N) is 1. The first kappa shape index (κ1) is 20.9. The number of nitrogen functional groups attached to an aromatic ring is 1. The van der Waals surface area contributed by atoms with Gasteiger partial charge in [0, 0.05) is 44.2 Å². The van der Waals surface area contributed by atoms with E-state index in [1.165, 1.54) is 18.5 Å². The highest BCUT2D eigenvalue weighted by Crippen LogP contribution is 2.28. The Balaban J connectivity index is 1.70. The molecule has 0 spiro atoms. The van der Waals surface area contributed by atoms with Crippen LogP contribution in [0.15, 0.2) is 30.6 Å². The van der Waals surface area contributed by atoms with Crippen LogP contribution in [0.1, 0.15) is 29.8 Å². The second kappa shape index (κ2) is 8.79. The Morgan fingerprint density at radius 3 is 2.74 bits per heavy atom. The summed E-state index contributed by atoms with van der Waals surface area (Å²) in [4.78, 5) is 17.5. The van der Waals surface area contributed by atoms with Crippen molar-refractivity contribution in [2.24, 2.45) is 0 Å². The number of likely N-dealkylation sites (N-methyl/N-ethyl adjacent to an activating group) is 1. The molecule has 2 aromatic heterocycles. The van der Waals surface area contributed by atoms with Crippen molar-refractivity contribution in [1.29, 1.82) is 5.26 Å². The molecule has 160 valence electrons. The zero-order valence-corrected chi connectivity index (χ0v) is 17.6. The number of aromatic nitrogens is 3. The Labute approximate surface area is 180 Å². The van der Waals surface area contributed by atoms with Gasteiger partial charge in [0.1, 0.15) is 35.4 Å². The molecule has 4 rings (SSSR count). The molecule has 0 amide bonds. The lowest BCUT2D eigenvalue weighted by Gasteiger charge is -2.33. The number of piperazine rings is 1. The zero-order chi connectivity index (χ0) is 22.0. The lowest BCUT2D eigenvalue weighted by atomic mass is 10.0. The maximum absolute atomic E-state index is 13.8. The van der Waals surface area contributed by atoms with E-state index in [1.54, 1.807) is 6.07 Å². The van der Waals surface area contributed by atoms with Gasteiger partial charge in [-0.2, -0.15) is 5.26 Å². The van der Waals surface area contributed by atoms with Gasteiger partial charge in [-0.25, -0.2) is 14.4 Å². The fourth-order valence-electron chi connectivity index (χ4n) is 3.82. The van der Waals surface area contributed by atoms with E-state index in [0.717, 1.165) is 42.8 Å². The van der Waals surface area contributed by atoms with Crippen LogP contribution in [0.3, 0.4) is 0 Å². The second-order valence-corrected chi connectivity index (χ2v) is 7.90. The second-order valence-electron chi connectivity index (χ2n) is 7.90. The minimum atomic E-state index is -0.306. The normalized spacial score (nSPS) is 16.2. The maximum Gasteiger partial charge on any atom is 0.150 e. The van der Waals surface area contributed by atoms with Crippen LogP contribution >= 0.6 is 0 Å². The number of nitrogens with two attached hydrogens (primary N) is 1. The molecule has 0 bridgehead atoms. The molecular formula is C22H25FN8. The largest absolute Gasteiger partial charge is 0.382 e. The molecule has 9 heteroatoms. The molecule has 1 aromatic carbocycles. The molecule has 3 heterocycles. The van der Waals surface area contributed by atoms with Gasteiger partial charge in [0.05, 0.1) is 17.3 Å². The van der Waals surface area contributed by atoms with E-state index in [1.807, 2.05) is 13.0 Å². The van der Waals surface area contributed by atoms with Gasteiger partial charge in [0.2, 0.25) is 0 Å². The molecular weight excluding hydrogens is 395 g/mol. The van der Waals surface area contributed by atoms with Gasteiger partial charge in [-0.15, -0.1) is 0 Å². The van der Waals surface area contributed by atoms with Crippen molar-refractivity contribution in [3.8, 4) is 6.07 Å². The summed E-state index contributed by atoms with van der Waals surface area (Å²) in [5.41, 5.74) is 8.52. The first-order valence-electron chi connectivity index (χ1n) is 10.2. The highest BCUT2D eigenvalue weighted by molar-refractivity contribution is 5.80. The predicted octanol–water partition coefficient (Wildman–Crippen LogP) is 2.54. The number of anilines is 2. The van der Waals surface area contributed by atoms with E-state index in [0.29, 0.717) is 17.9 Å². The molecule has 0 unspecified atom stereocenters. The van der Waals surface area contributed by atoms with Gasteiger partial charge in [0.25, 0.3) is 0 Å². The topological polar surface area (TPSA) is 107 Å². The summed E-state index contributed by atoms with van der Waals surface area (Å²) in [6.45, 7) is 6.54. The van der Waals surface area contributed by atoms with Crippen molar-refractivity contribution >= 4 is 22.5 Å². The molecule has 1 saturated heterocycles. The average Bonchev–Trinajstić information content (AvgIpc) is 2.75. The number of pyridine rings is 1. The van der Waals surface area contributed by atoms with Crippen molar-refractivity contribution in [2.45, 2.75) is 19.5 Å². The van der Waals surface area contributed by atoms with Gasteiger partial charge in [0.15, 0.2) is 0 Å². The minimum absolute atomic E-state index is 0.136. The van der Waals surface area contributed by atoms with Crippen LogP contribution in [0, 0.1) is 17.1 Å². The Bertz CT molecular complexity index is 1130. The minimum Gasteiger partial charge on any atom is -0.382 e. The molecule has 1 atom stereocenters. The third kappa shape index (κ3) is 4.55. The summed E-state index contributed by atoms with van der Waals surface area (Å²) in [7, 11) is 2.12. The van der Waals surface area contributed by atoms with Crippen LogP contribution in [0.5, 0.6) is 0 Å². The number of halogens is 1. The fraction of sp³-hybridized carbons (Fsp3) is 0.364. The van der Waals surface area contributed by atoms with E-state index in [9.17, 15) is 9.65 Å². The molecule has 0 radical (unpaired) electrons. The summed E-state index contributed by atoms with van der Waals surface area (Å²) in [6.07, 6.45) is 1.33. The quantitative estimate of drug-likeness (QED) is 0.649. The Morgan fingerprint density at radius 1 is 1.23 bits per heavy atom. The van der Waals surface area contributed by atoms with E-state index in [4.69, 9.17) is 10.7 Å². The number of nitriles is 1. The number of nitrogens with zero attached hydrogens (tertiary/aromatic N) is 6. The fourth-order valence-corrected chi connectivity index (χ4v) is 3.82. The van der Waals surface area contributed by atoms with E-state index < -0.39 is 0 Å². The van der Waals surface area contributed by atoms with Crippen molar-refractivity contribution < 1.29 is 4.39 Å². The van der Waals surface area contributed by atoms with E-state index >= 15 is 0 Å². The summed E-state index contributed by atoms with van der Waals surface area (Å²) < 4.78 is 13.8. The van der Waals surface area contributed by atoms with Crippen LogP contribution in [0.2, 0.25) is 0 Å². The number of rotatable bonds is 5. The summed E-state index contributed by atoms with van der Waals surface area (Å²) in [6, 6.07) is 8.51. The Hall–Kier alpha value is -3.35. The van der Waals surface area contributed by atoms with Gasteiger partial charge >= 0.3 is 0 Å². The molecule has 3 N–H and O–H groups in total. The lowest BCUT2D eigenvalue weighted by molar-refractivity contribution is 0.146. The van der Waals surface area contributed by atoms with Crippen LogP contribution in [0.25, 0.3) is 10.9 Å². The van der Waals surface area contributed by atoms with Crippen LogP contribution in [-0.4, -0.2) is 58.0 Å². The van der Waals surface area contributed by atoms with Crippen molar-refractivity contribution in [2.75, 3.05) is 44.3 Å². The lowest BCUT2D eigenvalue weighted by Crippen LogP contribution is -2.44. The van der Waals surface area contributed by atoms with Crippen molar-refractivity contribution in [3.05, 3.63) is 53.2 Å². The van der Waals surface area contributed by atoms with Gasteiger partial charge < -0.3 is 16.0 Å². The third-order valence-electron chi connectivity index (χ3n) is 5.67. The van der Waals surface area contributed by atoms with Gasteiger partial charge in [-0.1, -0.05) is 0 Å². The van der Waals surface area contributed by atoms with Crippen LogP contribution < -0.4 is 11.1 Å². The molecule has 1 aliphatic rings. The average molecular weight is 420 g/mol. The molecule has 1 aliphatic heterocycles. The van der Waals surface area contributed by atoms with E-state index in [2.05, 4.69) is 38.2 Å². The SMILES string of the molecule is C[C@H](Nc1ncnc(N)c1C#N)c1cc2ccc(F)cc2nc1CN1CCN(C)CC1. The standard InChI is InChI=1S/C22H25FN8/c1-14(28-22-18(11-24)21(25)26-13-27-22)17-9-15-3-4-16(23)10-19(15)29-20(17)12-31-7-5-30(2)6-8-31/h3-4,9-10,13-14H,5-8,12H2,1-2H3,(H3,25,26,27,28)/t14-/m0/s1. The smallest absolute Gasteiger partial charge is 0.150 e. The van der Waals surface area contributed by atoms with E-state index in [-0.39, 0.29) is 23.2 Å². The first-order chi connectivity index (χ1) is 14.9. The summed E-state index contributed by atoms with van der Waals surface area (Å²) >= 11 is 0. The number of hydrogen-bond donors (Lipinski definition) is 2. The summed E-state index contributed by atoms with van der Waals surface area (Å²) in [5.74, 6) is 0.212. The number of benzene rings is 1. The predicted molar refractivity (Wildman–Crippen MR) is 118 cm³/mol. The molecule has 1 fully saturated rings. The third-order valence-corrected chi connectivity index (χ3v) is 5.67. The maximum atomic E-state index is 13.8. The summed E-state index contributed by atoms with van der Waals surface area (Å²) in [5, 5.41) is 13.6. The molecule has 31 heavy (non-hydrogen) atoms. The first-order valence-corrected chi connectivity index (χ1v) is 10.2. The highest BCUT2D eigenvalue weighted by Gasteiger charge is 2.21. The van der Waals surface area contributed by atoms with Crippen molar-refractivity contribution in [3.63, 3.8) is 0 Å². The Kier molecular flexibility index (Phi) is 5.93. The Morgan fingerprint density at radius 2 is 2.00 bits per heavy atom. The molecule has 0 saturated carbocycles. The highest BCUT2D eigenvalue weighted by atomic mass is 19.1. The zero-order valence-electron chi connectivity index (χ0n) is 17.6. The number of fused-ring (bicyclic) bond motifs is 1. The monoisotopic (exact) mass is 420 g/mol. The van der Waals surface area contributed by atoms with Crippen LogP contribution in [-0.2, 0) is 6.54 Å². The van der Waals surface area contributed by atoms with Gasteiger partial charge in [-0.05, 0) is 37.7 Å². The molecule has 0 aliphatic carbocycles. The van der Waals surface area contributed by atoms with Crippen LogP contribution in [0.4, 0.5) is 16.0 Å². The molecule has 3 aromatic rings. The van der Waals surface area contributed by atoms with Gasteiger partial charge in [-0.3, -0.25) is 9.88 Å². The van der Waals surface area contributed by atoms with Crippen molar-refractivity contribution in [1.82, 2.24) is 24.8 Å².